The molecule has 0 aromatic heterocycles. The van der Waals surface area contributed by atoms with E-state index in [2.05, 4.69) is 33.7 Å². The Kier molecular flexibility index (Phi) is 3.73. The minimum absolute atomic E-state index is 0.0757. The molecule has 1 fully saturated rings. The van der Waals surface area contributed by atoms with Crippen molar-refractivity contribution in [3.05, 3.63) is 0 Å². The van der Waals surface area contributed by atoms with E-state index in [1.807, 2.05) is 0 Å². The second kappa shape index (κ2) is 3.97. The third kappa shape index (κ3) is 2.60. The van der Waals surface area contributed by atoms with E-state index < -0.39 is 0 Å². The van der Waals surface area contributed by atoms with Crippen molar-refractivity contribution in [2.45, 2.75) is 44.1 Å². The second-order valence-electron chi connectivity index (χ2n) is 4.82. The largest absolute Gasteiger partial charge is 0.472 e. The van der Waals surface area contributed by atoms with Crippen LogP contribution in [0.3, 0.4) is 0 Å². The summed E-state index contributed by atoms with van der Waals surface area (Å²) in [7, 11) is 0. The maximum Gasteiger partial charge on any atom is 0.472 e. The summed E-state index contributed by atoms with van der Waals surface area (Å²) in [6.07, 6.45) is 4.46. The molecule has 1 aliphatic carbocycles. The molecule has 11 heavy (non-hydrogen) atoms. The first-order valence-corrected chi connectivity index (χ1v) is 9.33. The maximum absolute atomic E-state index is 3.75. The van der Waals surface area contributed by atoms with Crippen LogP contribution in [-0.4, -0.2) is 18.2 Å². The quantitative estimate of drug-likeness (QED) is 0.602. The van der Waals surface area contributed by atoms with Crippen LogP contribution in [0.15, 0.2) is 0 Å². The van der Waals surface area contributed by atoms with Crippen molar-refractivity contribution in [1.82, 2.24) is 0 Å². The zero-order valence-corrected chi connectivity index (χ0v) is 10.9. The molecule has 0 heterocycles. The van der Waals surface area contributed by atoms with Gasteiger partial charge in [0, 0.05) is 0 Å². The number of hydrogen-bond donors (Lipinski definition) is 0. The molecule has 0 amide bonds. The smallest absolute Gasteiger partial charge is 0.306 e. The van der Waals surface area contributed by atoms with Gasteiger partial charge in [-0.1, -0.05) is 46.0 Å². The van der Waals surface area contributed by atoms with Gasteiger partial charge in [-0.2, -0.15) is 0 Å². The van der Waals surface area contributed by atoms with E-state index in [4.69, 9.17) is 0 Å². The van der Waals surface area contributed by atoms with E-state index in [-0.39, 0.29) is 18.2 Å². The fraction of sp³-hybridized carbons (Fsp3) is 1.00. The highest BCUT2D eigenvalue weighted by atomic mass is 79.9. The van der Waals surface area contributed by atoms with E-state index in [0.29, 0.717) is 5.41 Å². The van der Waals surface area contributed by atoms with Gasteiger partial charge in [-0.3, -0.25) is 0 Å². The van der Waals surface area contributed by atoms with Crippen LogP contribution >= 0.6 is 12.9 Å². The van der Waals surface area contributed by atoms with Crippen molar-refractivity contribution >= 4 is 31.1 Å². The molecule has 0 spiro atoms. The molecule has 0 aliphatic heterocycles. The van der Waals surface area contributed by atoms with Crippen molar-refractivity contribution in [1.29, 1.82) is 0 Å². The predicted molar refractivity (Wildman–Crippen MR) is 55.2 cm³/mol. The van der Waals surface area contributed by atoms with Gasteiger partial charge >= 0.3 is 18.2 Å². The summed E-state index contributed by atoms with van der Waals surface area (Å²) < 4.78 is 1.08. The van der Waals surface area contributed by atoms with Gasteiger partial charge < -0.3 is 12.9 Å². The van der Waals surface area contributed by atoms with Crippen LogP contribution in [-0.2, 0) is 0 Å². The van der Waals surface area contributed by atoms with E-state index >= 15 is 0 Å². The van der Waals surface area contributed by atoms with Crippen LogP contribution in [0.4, 0.5) is 0 Å². The van der Waals surface area contributed by atoms with Gasteiger partial charge in [0.25, 0.3) is 0 Å². The lowest BCUT2D eigenvalue weighted by Gasteiger charge is -2.31. The summed E-state index contributed by atoms with van der Waals surface area (Å²) in [6.45, 7) is 7.19. The Labute approximate surface area is 86.1 Å². The third-order valence-electron chi connectivity index (χ3n) is 2.97. The van der Waals surface area contributed by atoms with Gasteiger partial charge in [-0.15, -0.1) is 4.05 Å². The zero-order chi connectivity index (χ0) is 8.48. The Hall–Kier alpha value is 1.25. The van der Waals surface area contributed by atoms with Gasteiger partial charge in [-0.05, 0) is 5.41 Å². The summed E-state index contributed by atoms with van der Waals surface area (Å²) in [5.74, 6) is 1.01. The summed E-state index contributed by atoms with van der Waals surface area (Å²) >= 11 is 3.82. The summed E-state index contributed by atoms with van der Waals surface area (Å²) in [6, 6.07) is 0. The van der Waals surface area contributed by atoms with Gasteiger partial charge in [0.2, 0.25) is 0 Å². The Morgan fingerprint density at radius 1 is 1.27 bits per heavy atom. The summed E-state index contributed by atoms with van der Waals surface area (Å²) in [5.41, 5.74) is 0.557. The van der Waals surface area contributed by atoms with Crippen LogP contribution in [0.5, 0.6) is 0 Å². The van der Waals surface area contributed by atoms with E-state index in [1.165, 1.54) is 19.3 Å². The predicted octanol–water partition coefficient (Wildman–Crippen LogP) is 3.64. The van der Waals surface area contributed by atoms with Crippen molar-refractivity contribution in [3.63, 3.8) is 0 Å². The van der Waals surface area contributed by atoms with Crippen LogP contribution in [0, 0.1) is 11.3 Å². The van der Waals surface area contributed by atoms with Gasteiger partial charge in [0.15, 0.2) is 0 Å². The van der Waals surface area contributed by atoms with Gasteiger partial charge in [-0.25, -0.2) is 0 Å². The molecule has 0 aromatic carbocycles. The fourth-order valence-electron chi connectivity index (χ4n) is 2.36. The van der Waals surface area contributed by atoms with Gasteiger partial charge in [0.1, 0.15) is 0 Å². The van der Waals surface area contributed by atoms with Crippen LogP contribution < -0.4 is 0 Å². The average molecular weight is 229 g/mol. The molecule has 0 N–H and O–H groups in total. The third-order valence-corrected chi connectivity index (χ3v) is 6.84. The van der Waals surface area contributed by atoms with Crippen molar-refractivity contribution in [2.75, 3.05) is 0 Å². The SMILES string of the molecule is CC(C)(C)C1CCC[CH]1[Mg][Br]. The van der Waals surface area contributed by atoms with E-state index in [9.17, 15) is 0 Å². The second-order valence-corrected chi connectivity index (χ2v) is 8.12. The Balaban J connectivity index is 2.57. The molecule has 2 atom stereocenters. The minimum Gasteiger partial charge on any atom is -0.306 e. The van der Waals surface area contributed by atoms with Crippen LogP contribution in [0.1, 0.15) is 40.0 Å². The molecule has 2 heteroatoms. The Bertz CT molecular complexity index is 128. The molecule has 0 bridgehead atoms. The van der Waals surface area contributed by atoms with Crippen molar-refractivity contribution in [3.8, 4) is 0 Å². The number of halogens is 1. The standard InChI is InChI=1S/C9H17.BrH.Mg/c1-9(2,3)8-6-4-5-7-8;;/h6,8H,4-5,7H2,1-3H3;1H;/q;;+1/p-1. The molecule has 1 aliphatic rings. The number of rotatable bonds is 1. The van der Waals surface area contributed by atoms with E-state index in [0.717, 1.165) is 9.97 Å². The first kappa shape index (κ1) is 10.3. The molecule has 0 radical (unpaired) electrons. The lowest BCUT2D eigenvalue weighted by molar-refractivity contribution is 0.247. The highest BCUT2D eigenvalue weighted by Gasteiger charge is 2.35. The summed E-state index contributed by atoms with van der Waals surface area (Å²) in [5, 5.41) is 0. The molecule has 0 nitrogen and oxygen atoms in total. The van der Waals surface area contributed by atoms with E-state index in [1.54, 1.807) is 0 Å². The number of hydrogen-bond acceptors (Lipinski definition) is 0. The molecular weight excluding hydrogens is 212 g/mol. The van der Waals surface area contributed by atoms with Gasteiger partial charge in [0.05, 0.1) is 0 Å². The first-order valence-electron chi connectivity index (χ1n) is 4.61. The van der Waals surface area contributed by atoms with Crippen molar-refractivity contribution in [2.24, 2.45) is 11.3 Å². The molecule has 1 rings (SSSR count). The lowest BCUT2D eigenvalue weighted by atomic mass is 9.79. The van der Waals surface area contributed by atoms with Crippen LogP contribution in [0.25, 0.3) is 0 Å². The normalized spacial score (nSPS) is 32.0. The molecule has 1 saturated carbocycles. The topological polar surface area (TPSA) is 0 Å². The zero-order valence-electron chi connectivity index (χ0n) is 7.86. The minimum atomic E-state index is 0.0757. The average Bonchev–Trinajstić information content (AvgIpc) is 2.31. The van der Waals surface area contributed by atoms with Crippen molar-refractivity contribution < 1.29 is 0 Å². The molecular formula is C9H17BrMg. The summed E-state index contributed by atoms with van der Waals surface area (Å²) in [4.78, 5) is 0. The monoisotopic (exact) mass is 228 g/mol. The highest BCUT2D eigenvalue weighted by molar-refractivity contribution is 9.23. The first-order chi connectivity index (χ1) is 5.05. The maximum atomic E-state index is 3.75. The molecule has 62 valence electrons. The Morgan fingerprint density at radius 3 is 2.27 bits per heavy atom. The molecule has 2 unspecified atom stereocenters. The molecule has 0 saturated heterocycles. The fourth-order valence-corrected chi connectivity index (χ4v) is 6.29. The molecule has 0 aromatic rings. The lowest BCUT2D eigenvalue weighted by Crippen LogP contribution is -2.22. The Morgan fingerprint density at radius 2 is 1.91 bits per heavy atom. The highest BCUT2D eigenvalue weighted by Crippen LogP contribution is 2.46. The van der Waals surface area contributed by atoms with Crippen LogP contribution in [0.2, 0.25) is 4.05 Å².